The summed E-state index contributed by atoms with van der Waals surface area (Å²) < 4.78 is 0. The van der Waals surface area contributed by atoms with E-state index in [2.05, 4.69) is 0 Å². The highest BCUT2D eigenvalue weighted by molar-refractivity contribution is 5.68. The summed E-state index contributed by atoms with van der Waals surface area (Å²) in [5.41, 5.74) is -1.02. The minimum absolute atomic E-state index is 0.0106. The monoisotopic (exact) mass is 187 g/mol. The van der Waals surface area contributed by atoms with E-state index >= 15 is 0 Å². The molecule has 13 heavy (non-hydrogen) atoms. The smallest absolute Gasteiger partial charge is 0.306 e. The third-order valence-corrected chi connectivity index (χ3v) is 2.89. The maximum atomic E-state index is 10.6. The summed E-state index contributed by atoms with van der Waals surface area (Å²) in [6.45, 7) is 2.75. The van der Waals surface area contributed by atoms with E-state index in [4.69, 9.17) is 5.11 Å². The largest absolute Gasteiger partial charge is 0.481 e. The number of aliphatic carboxylic acids is 1. The van der Waals surface area contributed by atoms with E-state index in [1.54, 1.807) is 0 Å². The third kappa shape index (κ3) is 2.00. The first kappa shape index (κ1) is 10.5. The molecule has 1 rings (SSSR count). The van der Waals surface area contributed by atoms with Gasteiger partial charge < -0.3 is 15.1 Å². The van der Waals surface area contributed by atoms with Crippen LogP contribution in [0.1, 0.15) is 26.2 Å². The molecule has 0 amide bonds. The first-order valence-corrected chi connectivity index (χ1v) is 4.64. The van der Waals surface area contributed by atoms with Crippen molar-refractivity contribution in [3.05, 3.63) is 0 Å². The highest BCUT2D eigenvalue weighted by Gasteiger charge is 2.44. The first-order valence-electron chi connectivity index (χ1n) is 4.64. The molecule has 1 saturated heterocycles. The number of rotatable bonds is 3. The Morgan fingerprint density at radius 3 is 2.77 bits per heavy atom. The number of aliphatic hydroxyl groups is 1. The van der Waals surface area contributed by atoms with Crippen molar-refractivity contribution < 1.29 is 15.0 Å². The van der Waals surface area contributed by atoms with E-state index in [9.17, 15) is 9.90 Å². The molecule has 2 N–H and O–H groups in total. The zero-order chi connectivity index (χ0) is 10.1. The summed E-state index contributed by atoms with van der Waals surface area (Å²) in [5.74, 6) is -0.920. The van der Waals surface area contributed by atoms with Crippen LogP contribution in [0.15, 0.2) is 0 Å². The molecule has 4 heteroatoms. The van der Waals surface area contributed by atoms with Crippen molar-refractivity contribution in [1.29, 1.82) is 0 Å². The molecule has 1 aliphatic heterocycles. The summed E-state index contributed by atoms with van der Waals surface area (Å²) in [4.78, 5) is 12.6. The van der Waals surface area contributed by atoms with Crippen LogP contribution in [0.4, 0.5) is 0 Å². The van der Waals surface area contributed by atoms with Crippen LogP contribution in [0, 0.1) is 0 Å². The minimum Gasteiger partial charge on any atom is -0.481 e. The molecule has 76 valence electrons. The Kier molecular flexibility index (Phi) is 2.93. The first-order chi connectivity index (χ1) is 5.99. The second kappa shape index (κ2) is 3.64. The molecule has 0 radical (unpaired) electrons. The normalized spacial score (nSPS) is 35.2. The van der Waals surface area contributed by atoms with Crippen molar-refractivity contribution in [2.75, 3.05) is 13.6 Å². The van der Waals surface area contributed by atoms with E-state index in [1.807, 2.05) is 18.9 Å². The average Bonchev–Trinajstić information content (AvgIpc) is 2.25. The average molecular weight is 187 g/mol. The quantitative estimate of drug-likeness (QED) is 0.667. The van der Waals surface area contributed by atoms with Crippen molar-refractivity contribution in [3.63, 3.8) is 0 Å². The van der Waals surface area contributed by atoms with Crippen molar-refractivity contribution in [1.82, 2.24) is 4.90 Å². The van der Waals surface area contributed by atoms with Gasteiger partial charge in [0.25, 0.3) is 0 Å². The predicted molar refractivity (Wildman–Crippen MR) is 48.5 cm³/mol. The Morgan fingerprint density at radius 2 is 2.31 bits per heavy atom. The molecule has 0 aromatic rings. The number of likely N-dealkylation sites (N-methyl/N-ethyl adjacent to an activating group) is 1. The van der Waals surface area contributed by atoms with E-state index in [1.165, 1.54) is 0 Å². The summed E-state index contributed by atoms with van der Waals surface area (Å²) in [5, 5.41) is 18.7. The second-order valence-electron chi connectivity index (χ2n) is 3.83. The number of hydrogen-bond donors (Lipinski definition) is 2. The van der Waals surface area contributed by atoms with Gasteiger partial charge in [0.1, 0.15) is 0 Å². The van der Waals surface area contributed by atoms with Crippen molar-refractivity contribution >= 4 is 5.97 Å². The van der Waals surface area contributed by atoms with Gasteiger partial charge in [-0.3, -0.25) is 4.79 Å². The van der Waals surface area contributed by atoms with E-state index in [0.29, 0.717) is 6.42 Å². The fraction of sp³-hybridized carbons (Fsp3) is 0.889. The lowest BCUT2D eigenvalue weighted by Gasteiger charge is -2.30. The van der Waals surface area contributed by atoms with Crippen molar-refractivity contribution in [2.24, 2.45) is 0 Å². The van der Waals surface area contributed by atoms with Crippen LogP contribution in [0.2, 0.25) is 0 Å². The van der Waals surface area contributed by atoms with Gasteiger partial charge in [0, 0.05) is 12.6 Å². The lowest BCUT2D eigenvalue weighted by Crippen LogP contribution is -2.44. The maximum absolute atomic E-state index is 10.6. The van der Waals surface area contributed by atoms with Gasteiger partial charge in [-0.15, -0.1) is 0 Å². The molecule has 1 fully saturated rings. The maximum Gasteiger partial charge on any atom is 0.306 e. The summed E-state index contributed by atoms with van der Waals surface area (Å²) >= 11 is 0. The third-order valence-electron chi connectivity index (χ3n) is 2.89. The molecule has 0 bridgehead atoms. The number of carbonyl (C=O) groups is 1. The summed E-state index contributed by atoms with van der Waals surface area (Å²) in [6.07, 6.45) is 1.21. The molecule has 0 aromatic carbocycles. The zero-order valence-electron chi connectivity index (χ0n) is 8.16. The molecule has 2 unspecified atom stereocenters. The molecule has 0 spiro atoms. The molecule has 1 aliphatic rings. The molecule has 0 saturated carbocycles. The van der Waals surface area contributed by atoms with E-state index in [0.717, 1.165) is 13.0 Å². The van der Waals surface area contributed by atoms with Crippen LogP contribution >= 0.6 is 0 Å². The molecule has 2 atom stereocenters. The SMILES string of the molecule is CCC1N(C)CCC1(O)CC(=O)O. The number of likely N-dealkylation sites (tertiary alicyclic amines) is 1. The van der Waals surface area contributed by atoms with Gasteiger partial charge in [0.2, 0.25) is 0 Å². The standard InChI is InChI=1S/C9H17NO3/c1-3-7-9(13,6-8(11)12)4-5-10(7)2/h7,13H,3-6H2,1-2H3,(H,11,12). The Morgan fingerprint density at radius 1 is 1.69 bits per heavy atom. The van der Waals surface area contributed by atoms with Crippen LogP contribution in [-0.4, -0.2) is 46.3 Å². The van der Waals surface area contributed by atoms with Crippen LogP contribution in [-0.2, 0) is 4.79 Å². The highest BCUT2D eigenvalue weighted by Crippen LogP contribution is 2.32. The minimum atomic E-state index is -1.02. The Labute approximate surface area is 78.2 Å². The molecular formula is C9H17NO3. The van der Waals surface area contributed by atoms with Crippen LogP contribution in [0.25, 0.3) is 0 Å². The Bertz CT molecular complexity index is 207. The summed E-state index contributed by atoms with van der Waals surface area (Å²) in [6, 6.07) is -0.0106. The highest BCUT2D eigenvalue weighted by atomic mass is 16.4. The topological polar surface area (TPSA) is 60.8 Å². The van der Waals surface area contributed by atoms with Gasteiger partial charge in [0.05, 0.1) is 12.0 Å². The van der Waals surface area contributed by atoms with Crippen molar-refractivity contribution in [3.8, 4) is 0 Å². The fourth-order valence-corrected chi connectivity index (χ4v) is 2.26. The molecule has 0 aromatic heterocycles. The Hall–Kier alpha value is -0.610. The van der Waals surface area contributed by atoms with Gasteiger partial charge in [-0.1, -0.05) is 6.92 Å². The number of carboxylic acid groups (broad SMARTS) is 1. The van der Waals surface area contributed by atoms with Gasteiger partial charge in [-0.25, -0.2) is 0 Å². The molecule has 1 heterocycles. The lowest BCUT2D eigenvalue weighted by atomic mass is 9.89. The van der Waals surface area contributed by atoms with Crippen molar-refractivity contribution in [2.45, 2.75) is 37.8 Å². The van der Waals surface area contributed by atoms with Crippen LogP contribution in [0.3, 0.4) is 0 Å². The second-order valence-corrected chi connectivity index (χ2v) is 3.83. The molecule has 0 aliphatic carbocycles. The fourth-order valence-electron chi connectivity index (χ4n) is 2.26. The van der Waals surface area contributed by atoms with Crippen LogP contribution in [0.5, 0.6) is 0 Å². The molecular weight excluding hydrogens is 170 g/mol. The van der Waals surface area contributed by atoms with E-state index < -0.39 is 11.6 Å². The van der Waals surface area contributed by atoms with E-state index in [-0.39, 0.29) is 12.5 Å². The van der Waals surface area contributed by atoms with Gasteiger partial charge in [0.15, 0.2) is 0 Å². The number of hydrogen-bond acceptors (Lipinski definition) is 3. The van der Waals surface area contributed by atoms with Gasteiger partial charge >= 0.3 is 5.97 Å². The molecule has 4 nitrogen and oxygen atoms in total. The zero-order valence-corrected chi connectivity index (χ0v) is 8.16. The predicted octanol–water partition coefficient (Wildman–Crippen LogP) is 0.306. The summed E-state index contributed by atoms with van der Waals surface area (Å²) in [7, 11) is 1.92. The van der Waals surface area contributed by atoms with Gasteiger partial charge in [-0.2, -0.15) is 0 Å². The number of carboxylic acids is 1. The lowest BCUT2D eigenvalue weighted by molar-refractivity contribution is -0.143. The number of nitrogens with zero attached hydrogens (tertiary/aromatic N) is 1. The van der Waals surface area contributed by atoms with Crippen LogP contribution < -0.4 is 0 Å². The van der Waals surface area contributed by atoms with Gasteiger partial charge in [-0.05, 0) is 19.9 Å². The Balaban J connectivity index is 2.71.